The van der Waals surface area contributed by atoms with Crippen LogP contribution in [0.3, 0.4) is 0 Å². The lowest BCUT2D eigenvalue weighted by Crippen LogP contribution is -2.45. The normalized spacial score (nSPS) is 15.5. The molecule has 7 heteroatoms. The lowest BCUT2D eigenvalue weighted by molar-refractivity contribution is -0.182. The van der Waals surface area contributed by atoms with Crippen molar-refractivity contribution in [1.82, 2.24) is 5.06 Å². The molecular weight excluding hydrogens is 542 g/mol. The van der Waals surface area contributed by atoms with Crippen LogP contribution in [0.25, 0.3) is 10.8 Å². The molecule has 220 valence electrons. The van der Waals surface area contributed by atoms with E-state index in [9.17, 15) is 19.2 Å². The number of ether oxygens (including phenoxy) is 1. The molecule has 5 rings (SSSR count). The predicted molar refractivity (Wildman–Crippen MR) is 164 cm³/mol. The van der Waals surface area contributed by atoms with Crippen LogP contribution in [-0.4, -0.2) is 28.8 Å². The van der Waals surface area contributed by atoms with Gasteiger partial charge in [0.1, 0.15) is 5.75 Å². The van der Waals surface area contributed by atoms with Crippen molar-refractivity contribution in [2.45, 2.75) is 58.8 Å². The van der Waals surface area contributed by atoms with E-state index < -0.39 is 29.2 Å². The molecule has 3 atom stereocenters. The Morgan fingerprint density at radius 1 is 0.791 bits per heavy atom. The number of rotatable bonds is 10. The fourth-order valence-corrected chi connectivity index (χ4v) is 6.13. The zero-order chi connectivity index (χ0) is 30.7. The minimum atomic E-state index is -1.06. The number of imide groups is 1. The van der Waals surface area contributed by atoms with Crippen LogP contribution in [0.15, 0.2) is 91.0 Å². The largest absolute Gasteiger partial charge is 0.427 e. The van der Waals surface area contributed by atoms with Gasteiger partial charge in [-0.15, -0.1) is 0 Å². The van der Waals surface area contributed by atoms with E-state index in [1.54, 1.807) is 36.4 Å². The van der Waals surface area contributed by atoms with Crippen LogP contribution >= 0.6 is 0 Å². The van der Waals surface area contributed by atoms with E-state index in [2.05, 4.69) is 6.92 Å². The number of hydrogen-bond donors (Lipinski definition) is 0. The van der Waals surface area contributed by atoms with Gasteiger partial charge in [-0.3, -0.25) is 14.4 Å². The van der Waals surface area contributed by atoms with Crippen molar-refractivity contribution in [2.24, 2.45) is 5.41 Å². The summed E-state index contributed by atoms with van der Waals surface area (Å²) in [6, 6.07) is 27.7. The van der Waals surface area contributed by atoms with Crippen molar-refractivity contribution >= 4 is 34.5 Å². The van der Waals surface area contributed by atoms with E-state index in [4.69, 9.17) is 9.57 Å². The molecule has 4 aromatic carbocycles. The first-order valence-corrected chi connectivity index (χ1v) is 14.6. The lowest BCUT2D eigenvalue weighted by atomic mass is 9.71. The molecule has 0 aromatic heterocycles. The first kappa shape index (κ1) is 29.7. The average molecular weight is 578 g/mol. The van der Waals surface area contributed by atoms with Gasteiger partial charge in [0.15, 0.2) is 0 Å². The molecule has 1 aliphatic heterocycles. The van der Waals surface area contributed by atoms with Crippen molar-refractivity contribution < 1.29 is 28.8 Å². The minimum absolute atomic E-state index is 0.00942. The quantitative estimate of drug-likeness (QED) is 0.110. The average Bonchev–Trinajstić information content (AvgIpc) is 3.01. The van der Waals surface area contributed by atoms with Gasteiger partial charge in [0.2, 0.25) is 0 Å². The molecule has 0 aliphatic carbocycles. The maximum Gasteiger partial charge on any atom is 0.339 e. The molecule has 0 N–H and O–H groups in total. The van der Waals surface area contributed by atoms with Gasteiger partial charge in [0, 0.05) is 12.3 Å². The van der Waals surface area contributed by atoms with Gasteiger partial charge in [-0.1, -0.05) is 85.6 Å². The van der Waals surface area contributed by atoms with Crippen molar-refractivity contribution in [3.8, 4) is 5.75 Å². The zero-order valence-corrected chi connectivity index (χ0v) is 24.8. The molecule has 0 bridgehead atoms. The van der Waals surface area contributed by atoms with Crippen molar-refractivity contribution in [3.63, 3.8) is 0 Å². The Morgan fingerprint density at radius 3 is 1.95 bits per heavy atom. The predicted octanol–water partition coefficient (Wildman–Crippen LogP) is 7.60. The standard InChI is InChI=1S/C36H35NO6/c1-5-25(27-17-19-29(20-18-27)42-24(3)38)22-36(4,21-23(2)26-11-7-6-8-12-26)35(41)43-37-33(39)30-15-9-13-28-14-10-16-31(32(28)30)34(37)40/h6-20,23,25H,5,21-22H2,1-4H3. The van der Waals surface area contributed by atoms with Gasteiger partial charge in [-0.2, -0.15) is 0 Å². The van der Waals surface area contributed by atoms with Gasteiger partial charge in [0.05, 0.1) is 16.5 Å². The number of nitrogens with zero attached hydrogens (tertiary/aromatic N) is 1. The Bertz CT molecular complexity index is 1630. The number of carbonyl (C=O) groups excluding carboxylic acids is 4. The third-order valence-corrected chi connectivity index (χ3v) is 8.33. The van der Waals surface area contributed by atoms with Crippen LogP contribution in [0, 0.1) is 5.41 Å². The molecule has 2 amide bonds. The highest BCUT2D eigenvalue weighted by molar-refractivity contribution is 6.25. The van der Waals surface area contributed by atoms with Gasteiger partial charge in [0.25, 0.3) is 11.8 Å². The Balaban J connectivity index is 1.46. The van der Waals surface area contributed by atoms with Gasteiger partial charge in [-0.05, 0) is 78.8 Å². The first-order chi connectivity index (χ1) is 20.6. The first-order valence-electron chi connectivity index (χ1n) is 14.6. The maximum absolute atomic E-state index is 14.2. The smallest absolute Gasteiger partial charge is 0.339 e. The summed E-state index contributed by atoms with van der Waals surface area (Å²) in [7, 11) is 0. The highest BCUT2D eigenvalue weighted by Crippen LogP contribution is 2.43. The highest BCUT2D eigenvalue weighted by atomic mass is 16.7. The number of benzene rings is 4. The summed E-state index contributed by atoms with van der Waals surface area (Å²) in [6.45, 7) is 7.30. The Morgan fingerprint density at radius 2 is 1.40 bits per heavy atom. The third kappa shape index (κ3) is 6.07. The molecule has 0 saturated heterocycles. The summed E-state index contributed by atoms with van der Waals surface area (Å²) in [6.07, 6.45) is 1.57. The van der Waals surface area contributed by atoms with E-state index in [0.29, 0.717) is 40.2 Å². The van der Waals surface area contributed by atoms with Crippen LogP contribution in [0.5, 0.6) is 5.75 Å². The Hall–Kier alpha value is -4.78. The Labute approximate surface area is 251 Å². The lowest BCUT2D eigenvalue weighted by Gasteiger charge is -2.35. The van der Waals surface area contributed by atoms with Crippen molar-refractivity contribution in [2.75, 3.05) is 0 Å². The molecule has 1 heterocycles. The van der Waals surface area contributed by atoms with E-state index in [-0.39, 0.29) is 11.8 Å². The fraction of sp³-hybridized carbons (Fsp3) is 0.278. The van der Waals surface area contributed by atoms with Crippen molar-refractivity contribution in [3.05, 3.63) is 113 Å². The molecule has 43 heavy (non-hydrogen) atoms. The summed E-state index contributed by atoms with van der Waals surface area (Å²) in [5.74, 6) is -1.96. The molecule has 3 unspecified atom stereocenters. The Kier molecular flexibility index (Phi) is 8.44. The van der Waals surface area contributed by atoms with Crippen molar-refractivity contribution in [1.29, 1.82) is 0 Å². The van der Waals surface area contributed by atoms with Crippen LogP contribution in [0.4, 0.5) is 0 Å². The van der Waals surface area contributed by atoms with Crippen LogP contribution in [0.2, 0.25) is 0 Å². The molecule has 0 radical (unpaired) electrons. The van der Waals surface area contributed by atoms with Crippen LogP contribution in [0.1, 0.15) is 90.6 Å². The summed E-state index contributed by atoms with van der Waals surface area (Å²) in [4.78, 5) is 58.4. The van der Waals surface area contributed by atoms with E-state index in [0.717, 1.165) is 22.9 Å². The number of hydroxylamine groups is 2. The minimum Gasteiger partial charge on any atom is -0.427 e. The van der Waals surface area contributed by atoms with Gasteiger partial charge < -0.3 is 9.57 Å². The highest BCUT2D eigenvalue weighted by Gasteiger charge is 2.43. The van der Waals surface area contributed by atoms with Gasteiger partial charge >= 0.3 is 11.9 Å². The fourth-order valence-electron chi connectivity index (χ4n) is 6.13. The van der Waals surface area contributed by atoms with Crippen LogP contribution in [-0.2, 0) is 14.4 Å². The third-order valence-electron chi connectivity index (χ3n) is 8.33. The molecule has 1 aliphatic rings. The monoisotopic (exact) mass is 577 g/mol. The molecular formula is C36H35NO6. The second-order valence-corrected chi connectivity index (χ2v) is 11.5. The number of esters is 1. The second kappa shape index (κ2) is 12.2. The molecule has 0 saturated carbocycles. The molecule has 0 spiro atoms. The molecule has 7 nitrogen and oxygen atoms in total. The second-order valence-electron chi connectivity index (χ2n) is 11.5. The zero-order valence-electron chi connectivity index (χ0n) is 24.8. The summed E-state index contributed by atoms with van der Waals surface area (Å²) in [5, 5.41) is 1.96. The maximum atomic E-state index is 14.2. The summed E-state index contributed by atoms with van der Waals surface area (Å²) in [5.41, 5.74) is 1.63. The van der Waals surface area contributed by atoms with E-state index in [1.165, 1.54) is 6.92 Å². The number of carbonyl (C=O) groups is 4. The SMILES string of the molecule is CCC(CC(C)(CC(C)c1ccccc1)C(=O)ON1C(=O)c2cccc3cccc(c23)C1=O)c1ccc(OC(C)=O)cc1. The number of hydrogen-bond acceptors (Lipinski definition) is 6. The summed E-state index contributed by atoms with van der Waals surface area (Å²) < 4.78 is 5.19. The summed E-state index contributed by atoms with van der Waals surface area (Å²) >= 11 is 0. The van der Waals surface area contributed by atoms with Crippen LogP contribution < -0.4 is 4.74 Å². The molecule has 0 fully saturated rings. The topological polar surface area (TPSA) is 90.0 Å². The molecule has 4 aromatic rings. The van der Waals surface area contributed by atoms with E-state index >= 15 is 0 Å². The number of amides is 2. The van der Waals surface area contributed by atoms with E-state index in [1.807, 2.05) is 68.4 Å². The van der Waals surface area contributed by atoms with Gasteiger partial charge in [-0.25, -0.2) is 4.79 Å².